The smallest absolute Gasteiger partial charge is 0.0654 e. The third-order valence-electron chi connectivity index (χ3n) is 3.54. The van der Waals surface area contributed by atoms with Crippen molar-refractivity contribution >= 4 is 0 Å². The summed E-state index contributed by atoms with van der Waals surface area (Å²) in [6, 6.07) is 0. The highest BCUT2D eigenvalue weighted by atomic mass is 16.3. The zero-order valence-corrected chi connectivity index (χ0v) is 11.2. The summed E-state index contributed by atoms with van der Waals surface area (Å²) < 4.78 is 0. The zero-order chi connectivity index (χ0) is 12.2. The highest BCUT2D eigenvalue weighted by Gasteiger charge is 2.24. The molecule has 0 aromatic rings. The van der Waals surface area contributed by atoms with E-state index in [9.17, 15) is 5.11 Å². The topological polar surface area (TPSA) is 20.2 Å². The number of rotatable bonds is 1. The molecular weight excluding hydrogens is 196 g/mol. The van der Waals surface area contributed by atoms with Gasteiger partial charge in [0.2, 0.25) is 0 Å². The molecule has 0 amide bonds. The maximum Gasteiger partial charge on any atom is 0.0654 e. The van der Waals surface area contributed by atoms with Crippen molar-refractivity contribution in [3.05, 3.63) is 23.8 Å². The molecule has 1 aliphatic rings. The molecule has 1 N–H and O–H groups in total. The second kappa shape index (κ2) is 5.67. The van der Waals surface area contributed by atoms with Crippen LogP contribution in [0.4, 0.5) is 0 Å². The van der Waals surface area contributed by atoms with Crippen LogP contribution in [-0.2, 0) is 0 Å². The molecule has 0 fully saturated rings. The molecule has 1 heteroatoms. The summed E-state index contributed by atoms with van der Waals surface area (Å²) in [7, 11) is 0. The van der Waals surface area contributed by atoms with Crippen molar-refractivity contribution in [1.29, 1.82) is 0 Å². The van der Waals surface area contributed by atoms with Crippen LogP contribution < -0.4 is 0 Å². The fourth-order valence-electron chi connectivity index (χ4n) is 2.18. The Morgan fingerprint density at radius 3 is 2.56 bits per heavy atom. The average molecular weight is 222 g/mol. The van der Waals surface area contributed by atoms with Crippen molar-refractivity contribution in [3.8, 4) is 0 Å². The number of allylic oxidation sites excluding steroid dienone is 3. The van der Waals surface area contributed by atoms with Gasteiger partial charge < -0.3 is 5.11 Å². The number of hydrogen-bond acceptors (Lipinski definition) is 1. The second-order valence-corrected chi connectivity index (χ2v) is 5.79. The van der Waals surface area contributed by atoms with Crippen molar-refractivity contribution in [2.75, 3.05) is 0 Å². The first-order valence-corrected chi connectivity index (χ1v) is 6.46. The van der Waals surface area contributed by atoms with Crippen molar-refractivity contribution in [2.45, 2.75) is 59.0 Å². The lowest BCUT2D eigenvalue weighted by Gasteiger charge is -2.27. The van der Waals surface area contributed by atoms with Crippen LogP contribution in [0.1, 0.15) is 53.4 Å². The van der Waals surface area contributed by atoms with Gasteiger partial charge in [0, 0.05) is 5.92 Å². The van der Waals surface area contributed by atoms with Crippen LogP contribution >= 0.6 is 0 Å². The SMILES string of the molecule is C/C1=C\CC[C@H](C)/C=C/[C@H](C(C)(C)O)CC1. The van der Waals surface area contributed by atoms with E-state index >= 15 is 0 Å². The first-order chi connectivity index (χ1) is 7.39. The first kappa shape index (κ1) is 13.5. The Morgan fingerprint density at radius 2 is 1.94 bits per heavy atom. The van der Waals surface area contributed by atoms with E-state index in [0.717, 1.165) is 12.8 Å². The summed E-state index contributed by atoms with van der Waals surface area (Å²) in [5.74, 6) is 0.892. The maximum absolute atomic E-state index is 10.1. The third kappa shape index (κ3) is 4.52. The molecule has 0 aliphatic heterocycles. The Bertz CT molecular complexity index is 268. The van der Waals surface area contributed by atoms with E-state index in [4.69, 9.17) is 0 Å². The molecule has 16 heavy (non-hydrogen) atoms. The molecule has 0 saturated heterocycles. The van der Waals surface area contributed by atoms with E-state index in [1.807, 2.05) is 13.8 Å². The molecule has 0 heterocycles. The van der Waals surface area contributed by atoms with Gasteiger partial charge in [-0.25, -0.2) is 0 Å². The molecule has 0 radical (unpaired) electrons. The molecule has 1 aliphatic carbocycles. The summed E-state index contributed by atoms with van der Waals surface area (Å²) >= 11 is 0. The fraction of sp³-hybridized carbons (Fsp3) is 0.733. The van der Waals surface area contributed by atoms with Gasteiger partial charge in [0.1, 0.15) is 0 Å². The minimum atomic E-state index is -0.601. The standard InChI is InChI=1S/C15H26O/c1-12-6-5-7-13(2)9-11-14(10-8-12)15(3,4)16/h6,9,11,13-14,16H,5,7-8,10H2,1-4H3/b11-9+,12-6+/t13-,14+/m0/s1. The van der Waals surface area contributed by atoms with Gasteiger partial charge in [0.25, 0.3) is 0 Å². The van der Waals surface area contributed by atoms with E-state index in [0.29, 0.717) is 5.92 Å². The van der Waals surface area contributed by atoms with Crippen LogP contribution in [0.3, 0.4) is 0 Å². The van der Waals surface area contributed by atoms with Gasteiger partial charge in [-0.3, -0.25) is 0 Å². The molecule has 0 spiro atoms. The monoisotopic (exact) mass is 222 g/mol. The maximum atomic E-state index is 10.1. The van der Waals surface area contributed by atoms with E-state index in [1.165, 1.54) is 18.4 Å². The summed E-state index contributed by atoms with van der Waals surface area (Å²) in [6.07, 6.45) is 11.4. The quantitative estimate of drug-likeness (QED) is 0.663. The van der Waals surface area contributed by atoms with E-state index in [2.05, 4.69) is 32.1 Å². The Morgan fingerprint density at radius 1 is 1.25 bits per heavy atom. The summed E-state index contributed by atoms with van der Waals surface area (Å²) in [6.45, 7) is 8.29. The molecule has 0 aromatic heterocycles. The Balaban J connectivity index is 2.76. The molecule has 0 aromatic carbocycles. The number of hydrogen-bond donors (Lipinski definition) is 1. The third-order valence-corrected chi connectivity index (χ3v) is 3.54. The largest absolute Gasteiger partial charge is 0.390 e. The van der Waals surface area contributed by atoms with Crippen LogP contribution in [-0.4, -0.2) is 10.7 Å². The average Bonchev–Trinajstić information content (AvgIpc) is 2.15. The van der Waals surface area contributed by atoms with Gasteiger partial charge in [-0.2, -0.15) is 0 Å². The molecule has 92 valence electrons. The zero-order valence-electron chi connectivity index (χ0n) is 11.2. The molecule has 0 bridgehead atoms. The van der Waals surface area contributed by atoms with Gasteiger partial charge >= 0.3 is 0 Å². The fourth-order valence-corrected chi connectivity index (χ4v) is 2.18. The summed E-state index contributed by atoms with van der Waals surface area (Å²) in [4.78, 5) is 0. The predicted octanol–water partition coefficient (Wildman–Crippen LogP) is 4.09. The lowest BCUT2D eigenvalue weighted by molar-refractivity contribution is 0.0336. The number of aliphatic hydroxyl groups is 1. The van der Waals surface area contributed by atoms with E-state index < -0.39 is 5.60 Å². The molecular formula is C15H26O. The highest BCUT2D eigenvalue weighted by molar-refractivity contribution is 5.05. The molecule has 2 atom stereocenters. The van der Waals surface area contributed by atoms with Crippen LogP contribution in [0.2, 0.25) is 0 Å². The first-order valence-electron chi connectivity index (χ1n) is 6.46. The van der Waals surface area contributed by atoms with Crippen LogP contribution in [0, 0.1) is 11.8 Å². The van der Waals surface area contributed by atoms with Crippen LogP contribution in [0.5, 0.6) is 0 Å². The predicted molar refractivity (Wildman–Crippen MR) is 70.3 cm³/mol. The molecule has 1 nitrogen and oxygen atoms in total. The van der Waals surface area contributed by atoms with Crippen LogP contribution in [0.15, 0.2) is 23.8 Å². The van der Waals surface area contributed by atoms with Crippen LogP contribution in [0.25, 0.3) is 0 Å². The van der Waals surface area contributed by atoms with Crippen molar-refractivity contribution in [1.82, 2.24) is 0 Å². The van der Waals surface area contributed by atoms with Gasteiger partial charge in [-0.1, -0.05) is 30.7 Å². The lowest BCUT2D eigenvalue weighted by atomic mass is 9.84. The van der Waals surface area contributed by atoms with Gasteiger partial charge in [0.15, 0.2) is 0 Å². The van der Waals surface area contributed by atoms with E-state index in [1.54, 1.807) is 0 Å². The highest BCUT2D eigenvalue weighted by Crippen LogP contribution is 2.27. The summed E-state index contributed by atoms with van der Waals surface area (Å²) in [5.41, 5.74) is 0.868. The Hall–Kier alpha value is -0.560. The van der Waals surface area contributed by atoms with Crippen molar-refractivity contribution in [2.24, 2.45) is 11.8 Å². The normalized spacial score (nSPS) is 33.9. The minimum absolute atomic E-state index is 0.274. The van der Waals surface area contributed by atoms with E-state index in [-0.39, 0.29) is 5.92 Å². The molecule has 0 saturated carbocycles. The Labute approximate surface area is 100 Å². The minimum Gasteiger partial charge on any atom is -0.390 e. The molecule has 0 unspecified atom stereocenters. The van der Waals surface area contributed by atoms with Gasteiger partial charge in [-0.05, 0) is 52.4 Å². The lowest BCUT2D eigenvalue weighted by Crippen LogP contribution is -2.29. The summed E-state index contributed by atoms with van der Waals surface area (Å²) in [5, 5.41) is 10.1. The van der Waals surface area contributed by atoms with Crippen molar-refractivity contribution in [3.63, 3.8) is 0 Å². The van der Waals surface area contributed by atoms with Gasteiger partial charge in [0.05, 0.1) is 5.60 Å². The van der Waals surface area contributed by atoms with Gasteiger partial charge in [-0.15, -0.1) is 0 Å². The second-order valence-electron chi connectivity index (χ2n) is 5.79. The molecule has 1 rings (SSSR count). The van der Waals surface area contributed by atoms with Crippen molar-refractivity contribution < 1.29 is 5.11 Å². The Kier molecular flexibility index (Phi) is 4.79.